The third-order valence-corrected chi connectivity index (χ3v) is 5.07. The third kappa shape index (κ3) is 5.88. The molecule has 2 N–H and O–H groups in total. The van der Waals surface area contributed by atoms with Gasteiger partial charge in [-0.25, -0.2) is 0 Å². The number of hydrogen-bond acceptors (Lipinski definition) is 2. The minimum absolute atomic E-state index is 0.685. The van der Waals surface area contributed by atoms with E-state index in [-0.39, 0.29) is 0 Å². The smallest absolute Gasteiger partial charge is 0.170 e. The highest BCUT2D eigenvalue weighted by Crippen LogP contribution is 2.16. The van der Waals surface area contributed by atoms with E-state index in [9.17, 15) is 0 Å². The SMILES string of the molecule is Cc1ccc(NC(=S)NCCSCc2ccccc2C)cc1C. The molecule has 2 nitrogen and oxygen atoms in total. The predicted molar refractivity (Wildman–Crippen MR) is 107 cm³/mol. The molecule has 23 heavy (non-hydrogen) atoms. The molecule has 0 radical (unpaired) electrons. The highest BCUT2D eigenvalue weighted by atomic mass is 32.2. The zero-order valence-corrected chi connectivity index (χ0v) is 15.6. The summed E-state index contributed by atoms with van der Waals surface area (Å²) in [4.78, 5) is 0. The van der Waals surface area contributed by atoms with Gasteiger partial charge in [0.2, 0.25) is 0 Å². The zero-order chi connectivity index (χ0) is 16.7. The molecule has 0 amide bonds. The third-order valence-electron chi connectivity index (χ3n) is 3.82. The molecule has 0 aliphatic rings. The second-order valence-electron chi connectivity index (χ2n) is 5.66. The summed E-state index contributed by atoms with van der Waals surface area (Å²) in [7, 11) is 0. The number of thioether (sulfide) groups is 1. The zero-order valence-electron chi connectivity index (χ0n) is 14.0. The first kappa shape index (κ1) is 17.8. The van der Waals surface area contributed by atoms with Crippen molar-refractivity contribution < 1.29 is 0 Å². The van der Waals surface area contributed by atoms with Gasteiger partial charge < -0.3 is 10.6 Å². The summed E-state index contributed by atoms with van der Waals surface area (Å²) < 4.78 is 0. The van der Waals surface area contributed by atoms with Gasteiger partial charge in [-0.2, -0.15) is 11.8 Å². The fourth-order valence-electron chi connectivity index (χ4n) is 2.19. The average molecular weight is 345 g/mol. The summed E-state index contributed by atoms with van der Waals surface area (Å²) in [5.74, 6) is 2.08. The van der Waals surface area contributed by atoms with Crippen LogP contribution in [0.3, 0.4) is 0 Å². The second-order valence-corrected chi connectivity index (χ2v) is 7.17. The Morgan fingerprint density at radius 2 is 1.78 bits per heavy atom. The van der Waals surface area contributed by atoms with Crippen LogP contribution in [0.25, 0.3) is 0 Å². The Hall–Kier alpha value is -1.52. The average Bonchev–Trinajstić information content (AvgIpc) is 2.52. The molecule has 0 atom stereocenters. The maximum absolute atomic E-state index is 5.34. The van der Waals surface area contributed by atoms with Crippen molar-refractivity contribution in [2.75, 3.05) is 17.6 Å². The van der Waals surface area contributed by atoms with Gasteiger partial charge >= 0.3 is 0 Å². The second kappa shape index (κ2) is 8.94. The van der Waals surface area contributed by atoms with E-state index in [4.69, 9.17) is 12.2 Å². The summed E-state index contributed by atoms with van der Waals surface area (Å²) in [5.41, 5.74) is 6.38. The van der Waals surface area contributed by atoms with Gasteiger partial charge in [0, 0.05) is 23.7 Å². The van der Waals surface area contributed by atoms with Gasteiger partial charge in [0.15, 0.2) is 5.11 Å². The maximum Gasteiger partial charge on any atom is 0.170 e. The number of anilines is 1. The van der Waals surface area contributed by atoms with E-state index in [0.29, 0.717) is 5.11 Å². The van der Waals surface area contributed by atoms with Crippen LogP contribution in [0.1, 0.15) is 22.3 Å². The summed E-state index contributed by atoms with van der Waals surface area (Å²) in [5, 5.41) is 7.19. The molecule has 122 valence electrons. The van der Waals surface area contributed by atoms with Crippen molar-refractivity contribution in [2.24, 2.45) is 0 Å². The topological polar surface area (TPSA) is 24.1 Å². The first-order chi connectivity index (χ1) is 11.1. The minimum Gasteiger partial charge on any atom is -0.362 e. The normalized spacial score (nSPS) is 10.4. The molecule has 0 heterocycles. The quantitative estimate of drug-likeness (QED) is 0.579. The number of benzene rings is 2. The molecule has 2 rings (SSSR count). The van der Waals surface area contributed by atoms with E-state index in [1.165, 1.54) is 22.3 Å². The van der Waals surface area contributed by atoms with E-state index in [2.05, 4.69) is 73.9 Å². The molecule has 0 aromatic heterocycles. The van der Waals surface area contributed by atoms with Crippen molar-refractivity contribution in [3.63, 3.8) is 0 Å². The molecule has 0 spiro atoms. The Morgan fingerprint density at radius 3 is 2.52 bits per heavy atom. The molecule has 2 aromatic carbocycles. The minimum atomic E-state index is 0.685. The van der Waals surface area contributed by atoms with E-state index >= 15 is 0 Å². The number of hydrogen-bond donors (Lipinski definition) is 2. The molecule has 0 aliphatic carbocycles. The molecule has 0 fully saturated rings. The lowest BCUT2D eigenvalue weighted by atomic mass is 10.1. The molecular weight excluding hydrogens is 320 g/mol. The van der Waals surface area contributed by atoms with Gasteiger partial charge in [-0.1, -0.05) is 30.3 Å². The Balaban J connectivity index is 1.67. The molecule has 4 heteroatoms. The maximum atomic E-state index is 5.34. The van der Waals surface area contributed by atoms with E-state index in [1.54, 1.807) is 0 Å². The van der Waals surface area contributed by atoms with Crippen LogP contribution in [0.5, 0.6) is 0 Å². The predicted octanol–water partition coefficient (Wildman–Crippen LogP) is 4.83. The van der Waals surface area contributed by atoms with Crippen LogP contribution < -0.4 is 10.6 Å². The van der Waals surface area contributed by atoms with Gasteiger partial charge in [-0.05, 0) is 67.4 Å². The Bertz CT molecular complexity index is 668. The molecule has 0 aliphatic heterocycles. The molecule has 0 saturated carbocycles. The molecule has 0 bridgehead atoms. The monoisotopic (exact) mass is 344 g/mol. The highest BCUT2D eigenvalue weighted by molar-refractivity contribution is 7.98. The number of nitrogens with one attached hydrogen (secondary N) is 2. The summed E-state index contributed by atoms with van der Waals surface area (Å²) in [6.45, 7) is 7.25. The van der Waals surface area contributed by atoms with Crippen molar-refractivity contribution in [1.29, 1.82) is 0 Å². The molecule has 0 unspecified atom stereocenters. The van der Waals surface area contributed by atoms with Crippen LogP contribution in [0, 0.1) is 20.8 Å². The standard InChI is InChI=1S/C19H24N2S2/c1-14-8-9-18(12-16(14)3)21-19(22)20-10-11-23-13-17-7-5-4-6-15(17)2/h4-9,12H,10-11,13H2,1-3H3,(H2,20,21,22). The lowest BCUT2D eigenvalue weighted by Gasteiger charge is -2.12. The van der Waals surface area contributed by atoms with Gasteiger partial charge in [0.25, 0.3) is 0 Å². The van der Waals surface area contributed by atoms with E-state index < -0.39 is 0 Å². The number of thiocarbonyl (C=S) groups is 1. The Kier molecular flexibility index (Phi) is 6.93. The molecular formula is C19H24N2S2. The Labute approximate surface area is 149 Å². The van der Waals surface area contributed by atoms with Crippen molar-refractivity contribution in [3.8, 4) is 0 Å². The van der Waals surface area contributed by atoms with E-state index in [0.717, 1.165) is 23.7 Å². The van der Waals surface area contributed by atoms with Crippen LogP contribution in [-0.2, 0) is 5.75 Å². The molecule has 0 saturated heterocycles. The fraction of sp³-hybridized carbons (Fsp3) is 0.316. The van der Waals surface area contributed by atoms with Crippen LogP contribution in [0.15, 0.2) is 42.5 Å². The summed E-state index contributed by atoms with van der Waals surface area (Å²) in [6.07, 6.45) is 0. The van der Waals surface area contributed by atoms with Gasteiger partial charge in [-0.3, -0.25) is 0 Å². The number of aryl methyl sites for hydroxylation is 3. The van der Waals surface area contributed by atoms with Gasteiger partial charge in [-0.15, -0.1) is 0 Å². The van der Waals surface area contributed by atoms with Crippen LogP contribution >= 0.6 is 24.0 Å². The van der Waals surface area contributed by atoms with Crippen molar-refractivity contribution in [1.82, 2.24) is 5.32 Å². The lowest BCUT2D eigenvalue weighted by Crippen LogP contribution is -2.30. The fourth-order valence-corrected chi connectivity index (χ4v) is 3.34. The van der Waals surface area contributed by atoms with Crippen molar-refractivity contribution in [3.05, 3.63) is 64.7 Å². The first-order valence-corrected chi connectivity index (χ1v) is 9.37. The largest absolute Gasteiger partial charge is 0.362 e. The van der Waals surface area contributed by atoms with E-state index in [1.807, 2.05) is 11.8 Å². The first-order valence-electron chi connectivity index (χ1n) is 7.80. The summed E-state index contributed by atoms with van der Waals surface area (Å²) >= 11 is 7.27. The van der Waals surface area contributed by atoms with Crippen LogP contribution in [0.4, 0.5) is 5.69 Å². The lowest BCUT2D eigenvalue weighted by molar-refractivity contribution is 0.989. The highest BCUT2D eigenvalue weighted by Gasteiger charge is 2.00. The van der Waals surface area contributed by atoms with Crippen molar-refractivity contribution in [2.45, 2.75) is 26.5 Å². The summed E-state index contributed by atoms with van der Waals surface area (Å²) in [6, 6.07) is 14.8. The Morgan fingerprint density at radius 1 is 1.00 bits per heavy atom. The van der Waals surface area contributed by atoms with Crippen molar-refractivity contribution >= 4 is 34.8 Å². The van der Waals surface area contributed by atoms with Crippen LogP contribution in [0.2, 0.25) is 0 Å². The van der Waals surface area contributed by atoms with Crippen LogP contribution in [-0.4, -0.2) is 17.4 Å². The number of rotatable bonds is 6. The van der Waals surface area contributed by atoms with Gasteiger partial charge in [0.05, 0.1) is 0 Å². The molecule has 2 aromatic rings. The van der Waals surface area contributed by atoms with Gasteiger partial charge in [0.1, 0.15) is 0 Å².